The Balaban J connectivity index is 1.42. The van der Waals surface area contributed by atoms with Gasteiger partial charge in [-0.1, -0.05) is 18.1 Å². The molecule has 2 aliphatic rings. The van der Waals surface area contributed by atoms with Gasteiger partial charge in [0.1, 0.15) is 11.4 Å². The van der Waals surface area contributed by atoms with Crippen molar-refractivity contribution in [3.63, 3.8) is 0 Å². The van der Waals surface area contributed by atoms with Crippen molar-refractivity contribution >= 4 is 5.97 Å². The van der Waals surface area contributed by atoms with Crippen LogP contribution in [0.3, 0.4) is 0 Å². The smallest absolute Gasteiger partial charge is 0.309 e. The van der Waals surface area contributed by atoms with E-state index in [1.165, 1.54) is 7.11 Å². The summed E-state index contributed by atoms with van der Waals surface area (Å²) >= 11 is 0. The minimum atomic E-state index is -0.180. The summed E-state index contributed by atoms with van der Waals surface area (Å²) in [5, 5.41) is 8.49. The van der Waals surface area contributed by atoms with Gasteiger partial charge >= 0.3 is 5.97 Å². The van der Waals surface area contributed by atoms with Crippen molar-refractivity contribution in [1.29, 1.82) is 0 Å². The van der Waals surface area contributed by atoms with Crippen LogP contribution < -0.4 is 4.74 Å². The molecule has 1 saturated heterocycles. The Bertz CT molecular complexity index is 941. The third kappa shape index (κ3) is 5.70. The molecule has 3 atom stereocenters. The average molecular weight is 459 g/mol. The van der Waals surface area contributed by atoms with Crippen LogP contribution in [0, 0.1) is 18.8 Å². The van der Waals surface area contributed by atoms with Gasteiger partial charge in [0.15, 0.2) is 6.29 Å². The van der Waals surface area contributed by atoms with Gasteiger partial charge in [-0.25, -0.2) is 9.67 Å². The molecule has 2 aromatic rings. The Morgan fingerprint density at radius 3 is 2.76 bits per heavy atom. The van der Waals surface area contributed by atoms with E-state index in [1.807, 2.05) is 26.1 Å². The number of aryl methyl sites for hydroxylation is 2. The fourth-order valence-corrected chi connectivity index (χ4v) is 4.65. The molecule has 1 aliphatic carbocycles. The maximum atomic E-state index is 12.1. The standard InChI is InChI=1S/C24H34N4O5/c1-16-21(32-14-17-8-4-5-9-18(17)24(29)30-3)12-11-19(25-16)23-20(28(2)27-26-23)15-33-22-10-6-7-13-31-22/h11-12,17-18,22H,4-10,13-15H2,1-3H3/t17-,18+,22?/m1/s1. The lowest BCUT2D eigenvalue weighted by molar-refractivity contribution is -0.169. The van der Waals surface area contributed by atoms with E-state index < -0.39 is 0 Å². The summed E-state index contributed by atoms with van der Waals surface area (Å²) in [6, 6.07) is 3.81. The molecular formula is C24H34N4O5. The van der Waals surface area contributed by atoms with Gasteiger partial charge in [0.05, 0.1) is 43.3 Å². The number of esters is 1. The highest BCUT2D eigenvalue weighted by Gasteiger charge is 2.32. The highest BCUT2D eigenvalue weighted by molar-refractivity contribution is 5.72. The van der Waals surface area contributed by atoms with E-state index in [0.29, 0.717) is 24.7 Å². The third-order valence-corrected chi connectivity index (χ3v) is 6.63. The Hall–Kier alpha value is -2.52. The molecule has 1 saturated carbocycles. The van der Waals surface area contributed by atoms with Crippen LogP contribution in [0.25, 0.3) is 11.4 Å². The molecule has 180 valence electrons. The number of hydrogen-bond donors (Lipinski definition) is 0. The molecule has 2 fully saturated rings. The number of carbonyl (C=O) groups excluding carboxylic acids is 1. The van der Waals surface area contributed by atoms with Crippen molar-refractivity contribution in [2.45, 2.75) is 64.8 Å². The maximum absolute atomic E-state index is 12.1. The van der Waals surface area contributed by atoms with Crippen molar-refractivity contribution in [3.05, 3.63) is 23.5 Å². The molecule has 9 heteroatoms. The highest BCUT2D eigenvalue weighted by Crippen LogP contribution is 2.32. The number of nitrogens with zero attached hydrogens (tertiary/aromatic N) is 4. The number of methoxy groups -OCH3 is 1. The third-order valence-electron chi connectivity index (χ3n) is 6.63. The number of hydrogen-bond acceptors (Lipinski definition) is 8. The van der Waals surface area contributed by atoms with Gasteiger partial charge in [-0.15, -0.1) is 5.10 Å². The van der Waals surface area contributed by atoms with Crippen LogP contribution >= 0.6 is 0 Å². The van der Waals surface area contributed by atoms with Crippen molar-refractivity contribution in [2.24, 2.45) is 18.9 Å². The Labute approximate surface area is 194 Å². The lowest BCUT2D eigenvalue weighted by atomic mass is 9.80. The lowest BCUT2D eigenvalue weighted by Crippen LogP contribution is -2.32. The van der Waals surface area contributed by atoms with Crippen molar-refractivity contribution in [1.82, 2.24) is 20.0 Å². The summed E-state index contributed by atoms with van der Waals surface area (Å²) in [7, 11) is 3.30. The second kappa shape index (κ2) is 11.1. The molecule has 0 amide bonds. The van der Waals surface area contributed by atoms with E-state index in [9.17, 15) is 4.79 Å². The predicted octanol–water partition coefficient (Wildman–Crippen LogP) is 3.59. The SMILES string of the molecule is COC(=O)[C@H]1CCCC[C@@H]1COc1ccc(-c2nnn(C)c2COC2CCCCO2)nc1C. The molecule has 33 heavy (non-hydrogen) atoms. The van der Waals surface area contributed by atoms with Crippen molar-refractivity contribution in [3.8, 4) is 17.1 Å². The fourth-order valence-electron chi connectivity index (χ4n) is 4.65. The van der Waals surface area contributed by atoms with Gasteiger partial charge in [0, 0.05) is 19.6 Å². The van der Waals surface area contributed by atoms with E-state index in [0.717, 1.165) is 68.6 Å². The summed E-state index contributed by atoms with van der Waals surface area (Å²) in [5.41, 5.74) is 3.04. The quantitative estimate of drug-likeness (QED) is 0.554. The number of aromatic nitrogens is 4. The summed E-state index contributed by atoms with van der Waals surface area (Å²) in [6.07, 6.45) is 6.93. The molecular weight excluding hydrogens is 424 g/mol. The molecule has 0 radical (unpaired) electrons. The molecule has 0 aromatic carbocycles. The van der Waals surface area contributed by atoms with Gasteiger partial charge in [-0.2, -0.15) is 0 Å². The first-order valence-electron chi connectivity index (χ1n) is 11.9. The van der Waals surface area contributed by atoms with Gasteiger partial charge in [-0.3, -0.25) is 4.79 Å². The topological polar surface area (TPSA) is 97.6 Å². The molecule has 2 aromatic heterocycles. The Kier molecular flexibility index (Phi) is 7.93. The van der Waals surface area contributed by atoms with Crippen LogP contribution in [0.2, 0.25) is 0 Å². The zero-order chi connectivity index (χ0) is 23.2. The maximum Gasteiger partial charge on any atom is 0.309 e. The number of carbonyl (C=O) groups is 1. The molecule has 0 N–H and O–H groups in total. The second-order valence-corrected chi connectivity index (χ2v) is 8.88. The van der Waals surface area contributed by atoms with Crippen LogP contribution in [-0.2, 0) is 32.7 Å². The summed E-state index contributed by atoms with van der Waals surface area (Å²) < 4.78 is 24.4. The van der Waals surface area contributed by atoms with Crippen LogP contribution in [0.4, 0.5) is 0 Å². The first-order valence-corrected chi connectivity index (χ1v) is 11.9. The largest absolute Gasteiger partial charge is 0.491 e. The molecule has 0 spiro atoms. The number of rotatable bonds is 8. The molecule has 1 aliphatic heterocycles. The van der Waals surface area contributed by atoms with Crippen LogP contribution in [0.5, 0.6) is 5.75 Å². The first-order chi connectivity index (χ1) is 16.1. The Morgan fingerprint density at radius 1 is 1.18 bits per heavy atom. The van der Waals surface area contributed by atoms with Crippen molar-refractivity contribution < 1.29 is 23.7 Å². The minimum absolute atomic E-state index is 0.0911. The summed E-state index contributed by atoms with van der Waals surface area (Å²) in [4.78, 5) is 16.8. The normalized spacial score (nSPS) is 23.3. The van der Waals surface area contributed by atoms with Crippen LogP contribution in [0.15, 0.2) is 12.1 Å². The summed E-state index contributed by atoms with van der Waals surface area (Å²) in [5.74, 6) is 0.650. The molecule has 3 heterocycles. The summed E-state index contributed by atoms with van der Waals surface area (Å²) in [6.45, 7) is 3.50. The first kappa shape index (κ1) is 23.6. The molecule has 4 rings (SSSR count). The van der Waals surface area contributed by atoms with E-state index >= 15 is 0 Å². The van der Waals surface area contributed by atoms with Crippen LogP contribution in [0.1, 0.15) is 56.3 Å². The fraction of sp³-hybridized carbons (Fsp3) is 0.667. The Morgan fingerprint density at radius 2 is 2.00 bits per heavy atom. The number of ether oxygens (including phenoxy) is 4. The zero-order valence-electron chi connectivity index (χ0n) is 19.8. The highest BCUT2D eigenvalue weighted by atomic mass is 16.7. The van der Waals surface area contributed by atoms with Gasteiger partial charge < -0.3 is 18.9 Å². The van der Waals surface area contributed by atoms with E-state index in [-0.39, 0.29) is 24.1 Å². The van der Waals surface area contributed by atoms with Gasteiger partial charge in [0.25, 0.3) is 0 Å². The van der Waals surface area contributed by atoms with E-state index in [2.05, 4.69) is 10.3 Å². The minimum Gasteiger partial charge on any atom is -0.491 e. The van der Waals surface area contributed by atoms with Gasteiger partial charge in [0.2, 0.25) is 0 Å². The molecule has 9 nitrogen and oxygen atoms in total. The predicted molar refractivity (Wildman–Crippen MR) is 120 cm³/mol. The average Bonchev–Trinajstić information content (AvgIpc) is 3.22. The van der Waals surface area contributed by atoms with E-state index in [1.54, 1.807) is 4.68 Å². The van der Waals surface area contributed by atoms with Crippen LogP contribution in [-0.4, -0.2) is 52.6 Å². The molecule has 1 unspecified atom stereocenters. The van der Waals surface area contributed by atoms with E-state index in [4.69, 9.17) is 23.9 Å². The zero-order valence-corrected chi connectivity index (χ0v) is 19.8. The van der Waals surface area contributed by atoms with Gasteiger partial charge in [-0.05, 0) is 51.2 Å². The second-order valence-electron chi connectivity index (χ2n) is 8.88. The van der Waals surface area contributed by atoms with Crippen molar-refractivity contribution in [2.75, 3.05) is 20.3 Å². The monoisotopic (exact) mass is 458 g/mol. The molecule has 0 bridgehead atoms. The lowest BCUT2D eigenvalue weighted by Gasteiger charge is -2.29. The number of pyridine rings is 1.